The van der Waals surface area contributed by atoms with Crippen molar-refractivity contribution in [2.24, 2.45) is 0 Å². The molecule has 0 atom stereocenters. The van der Waals surface area contributed by atoms with E-state index in [4.69, 9.17) is 11.6 Å². The summed E-state index contributed by atoms with van der Waals surface area (Å²) < 4.78 is 28.3. The van der Waals surface area contributed by atoms with Gasteiger partial charge in [-0.15, -0.1) is 0 Å². The molecule has 0 aliphatic heterocycles. The molecule has 134 valence electrons. The van der Waals surface area contributed by atoms with E-state index in [1.165, 1.54) is 6.20 Å². The molecule has 3 rings (SSSR count). The molecule has 1 aromatic carbocycles. The SMILES string of the molecule is CNc1ncc(Cl)c(Nc2ccccc2S(=O)(=O)NC2CCCC2)n1. The van der Waals surface area contributed by atoms with E-state index in [9.17, 15) is 8.42 Å². The molecular formula is C16H20ClN5O2S. The standard InChI is InChI=1S/C16H20ClN5O2S/c1-18-16-19-10-12(17)15(21-16)20-13-8-4-5-9-14(13)25(23,24)22-11-6-2-3-7-11/h4-5,8-11,22H,2-3,6-7H2,1H3,(H2,18,19,20,21). The number of hydrogen-bond donors (Lipinski definition) is 3. The number of hydrogen-bond acceptors (Lipinski definition) is 6. The van der Waals surface area contributed by atoms with E-state index in [-0.39, 0.29) is 10.9 Å². The molecule has 0 spiro atoms. The highest BCUT2D eigenvalue weighted by atomic mass is 35.5. The van der Waals surface area contributed by atoms with Crippen LogP contribution in [-0.4, -0.2) is 31.5 Å². The number of para-hydroxylation sites is 1. The second kappa shape index (κ2) is 7.55. The van der Waals surface area contributed by atoms with Crippen LogP contribution in [0.5, 0.6) is 0 Å². The lowest BCUT2D eigenvalue weighted by Gasteiger charge is -2.16. The van der Waals surface area contributed by atoms with Gasteiger partial charge in [0, 0.05) is 13.1 Å². The monoisotopic (exact) mass is 381 g/mol. The lowest BCUT2D eigenvalue weighted by Crippen LogP contribution is -2.33. The van der Waals surface area contributed by atoms with Crippen LogP contribution in [-0.2, 0) is 10.0 Å². The van der Waals surface area contributed by atoms with Crippen LogP contribution < -0.4 is 15.4 Å². The van der Waals surface area contributed by atoms with Crippen LogP contribution in [0.3, 0.4) is 0 Å². The summed E-state index contributed by atoms with van der Waals surface area (Å²) in [5, 5.41) is 6.13. The molecule has 1 heterocycles. The van der Waals surface area contributed by atoms with E-state index < -0.39 is 10.0 Å². The molecule has 3 N–H and O–H groups in total. The molecule has 0 saturated heterocycles. The fraction of sp³-hybridized carbons (Fsp3) is 0.375. The van der Waals surface area contributed by atoms with Gasteiger partial charge in [0.1, 0.15) is 9.92 Å². The van der Waals surface area contributed by atoms with Crippen LogP contribution in [0.25, 0.3) is 0 Å². The van der Waals surface area contributed by atoms with Gasteiger partial charge in [0.25, 0.3) is 0 Å². The van der Waals surface area contributed by atoms with Crippen molar-refractivity contribution in [1.82, 2.24) is 14.7 Å². The van der Waals surface area contributed by atoms with Gasteiger partial charge < -0.3 is 10.6 Å². The Morgan fingerprint density at radius 2 is 1.92 bits per heavy atom. The summed E-state index contributed by atoms with van der Waals surface area (Å²) in [6.07, 6.45) is 5.31. The van der Waals surface area contributed by atoms with Gasteiger partial charge in [0.15, 0.2) is 5.82 Å². The van der Waals surface area contributed by atoms with Gasteiger partial charge in [-0.3, -0.25) is 0 Å². The Bertz CT molecular complexity index is 853. The second-order valence-corrected chi connectivity index (χ2v) is 7.95. The van der Waals surface area contributed by atoms with Gasteiger partial charge in [-0.2, -0.15) is 4.98 Å². The molecule has 25 heavy (non-hydrogen) atoms. The first kappa shape index (κ1) is 17.9. The number of aromatic nitrogens is 2. The molecule has 1 aliphatic carbocycles. The first-order chi connectivity index (χ1) is 12.0. The third kappa shape index (κ3) is 4.20. The normalized spacial score (nSPS) is 15.3. The Hall–Kier alpha value is -1.90. The number of nitrogens with zero attached hydrogens (tertiary/aromatic N) is 2. The molecule has 1 saturated carbocycles. The molecule has 1 fully saturated rings. The number of halogens is 1. The minimum Gasteiger partial charge on any atom is -0.357 e. The predicted molar refractivity (Wildman–Crippen MR) is 98.9 cm³/mol. The quantitative estimate of drug-likeness (QED) is 0.711. The van der Waals surface area contributed by atoms with Crippen LogP contribution >= 0.6 is 11.6 Å². The summed E-state index contributed by atoms with van der Waals surface area (Å²) in [7, 11) is -1.95. The first-order valence-electron chi connectivity index (χ1n) is 8.08. The highest BCUT2D eigenvalue weighted by molar-refractivity contribution is 7.89. The van der Waals surface area contributed by atoms with E-state index in [0.717, 1.165) is 25.7 Å². The van der Waals surface area contributed by atoms with Crippen LogP contribution in [0.2, 0.25) is 5.02 Å². The van der Waals surface area contributed by atoms with Gasteiger partial charge in [-0.25, -0.2) is 18.1 Å². The van der Waals surface area contributed by atoms with Gasteiger partial charge in [0.05, 0.1) is 11.9 Å². The molecule has 0 radical (unpaired) electrons. The fourth-order valence-corrected chi connectivity index (χ4v) is 4.44. The van der Waals surface area contributed by atoms with Crippen molar-refractivity contribution in [3.8, 4) is 0 Å². The van der Waals surface area contributed by atoms with Crippen molar-refractivity contribution < 1.29 is 8.42 Å². The molecule has 7 nitrogen and oxygen atoms in total. The van der Waals surface area contributed by atoms with Crippen LogP contribution in [0.4, 0.5) is 17.5 Å². The lowest BCUT2D eigenvalue weighted by atomic mass is 10.3. The van der Waals surface area contributed by atoms with E-state index in [2.05, 4.69) is 25.3 Å². The Kier molecular flexibility index (Phi) is 5.41. The molecule has 2 aromatic rings. The molecule has 0 bridgehead atoms. The zero-order valence-electron chi connectivity index (χ0n) is 13.8. The number of anilines is 3. The Labute approximate surface area is 152 Å². The molecule has 1 aromatic heterocycles. The summed E-state index contributed by atoms with van der Waals surface area (Å²) in [5.41, 5.74) is 0.413. The molecule has 1 aliphatic rings. The van der Waals surface area contributed by atoms with Crippen molar-refractivity contribution in [2.75, 3.05) is 17.7 Å². The van der Waals surface area contributed by atoms with Crippen LogP contribution in [0.15, 0.2) is 35.4 Å². The second-order valence-electron chi connectivity index (χ2n) is 5.86. The maximum atomic E-state index is 12.8. The van der Waals surface area contributed by atoms with Crippen molar-refractivity contribution in [3.63, 3.8) is 0 Å². The predicted octanol–water partition coefficient (Wildman–Crippen LogP) is 3.14. The summed E-state index contributed by atoms with van der Waals surface area (Å²) in [6, 6.07) is 6.69. The zero-order valence-corrected chi connectivity index (χ0v) is 15.4. The van der Waals surface area contributed by atoms with Crippen molar-refractivity contribution in [2.45, 2.75) is 36.6 Å². The Morgan fingerprint density at radius 1 is 1.20 bits per heavy atom. The third-order valence-corrected chi connectivity index (χ3v) is 5.93. The van der Waals surface area contributed by atoms with Gasteiger partial charge in [-0.05, 0) is 25.0 Å². The fourth-order valence-electron chi connectivity index (χ4n) is 2.83. The Balaban J connectivity index is 1.91. The summed E-state index contributed by atoms with van der Waals surface area (Å²) in [5.74, 6) is 0.723. The smallest absolute Gasteiger partial charge is 0.242 e. The average molecular weight is 382 g/mol. The van der Waals surface area contributed by atoms with Gasteiger partial charge in [0.2, 0.25) is 16.0 Å². The highest BCUT2D eigenvalue weighted by Gasteiger charge is 2.25. The highest BCUT2D eigenvalue weighted by Crippen LogP contribution is 2.29. The van der Waals surface area contributed by atoms with E-state index in [1.54, 1.807) is 31.3 Å². The van der Waals surface area contributed by atoms with Crippen molar-refractivity contribution >= 4 is 39.1 Å². The van der Waals surface area contributed by atoms with Crippen LogP contribution in [0, 0.1) is 0 Å². The zero-order chi connectivity index (χ0) is 17.9. The van der Waals surface area contributed by atoms with Gasteiger partial charge >= 0.3 is 0 Å². The number of nitrogens with one attached hydrogen (secondary N) is 3. The number of benzene rings is 1. The minimum atomic E-state index is -3.64. The van der Waals surface area contributed by atoms with E-state index >= 15 is 0 Å². The number of rotatable bonds is 6. The topological polar surface area (TPSA) is 96.0 Å². The summed E-state index contributed by atoms with van der Waals surface area (Å²) in [4.78, 5) is 8.41. The maximum Gasteiger partial charge on any atom is 0.242 e. The maximum absolute atomic E-state index is 12.8. The summed E-state index contributed by atoms with van der Waals surface area (Å²) >= 11 is 6.13. The number of sulfonamides is 1. The summed E-state index contributed by atoms with van der Waals surface area (Å²) in [6.45, 7) is 0. The molecular weight excluding hydrogens is 362 g/mol. The third-order valence-electron chi connectivity index (χ3n) is 4.07. The van der Waals surface area contributed by atoms with E-state index in [0.29, 0.717) is 22.5 Å². The van der Waals surface area contributed by atoms with E-state index in [1.807, 2.05) is 0 Å². The average Bonchev–Trinajstić information content (AvgIpc) is 3.09. The Morgan fingerprint density at radius 3 is 2.64 bits per heavy atom. The van der Waals surface area contributed by atoms with Crippen molar-refractivity contribution in [3.05, 3.63) is 35.5 Å². The first-order valence-corrected chi connectivity index (χ1v) is 9.94. The molecule has 0 amide bonds. The largest absolute Gasteiger partial charge is 0.357 e. The lowest BCUT2D eigenvalue weighted by molar-refractivity contribution is 0.552. The molecule has 9 heteroatoms. The van der Waals surface area contributed by atoms with Crippen molar-refractivity contribution in [1.29, 1.82) is 0 Å². The van der Waals surface area contributed by atoms with Gasteiger partial charge in [-0.1, -0.05) is 36.6 Å². The van der Waals surface area contributed by atoms with Crippen LogP contribution in [0.1, 0.15) is 25.7 Å². The minimum absolute atomic E-state index is 0.00316. The molecule has 0 unspecified atom stereocenters.